The Morgan fingerprint density at radius 3 is 2.46 bits per heavy atom. The van der Waals surface area contributed by atoms with E-state index < -0.39 is 6.16 Å². The molecule has 0 aromatic heterocycles. The quantitative estimate of drug-likeness (QED) is 0.275. The number of carbonyl (C=O) groups excluding carboxylic acids is 1. The number of nitrogens with one attached hydrogen (secondary N) is 1. The standard InChI is InChI=1S/C33H55NO3/c1-22(2)7-6-8-23(3)28-11-12-29-27-10-9-24-21-26(37-31(35)36-25-15-19-34-20-16-25)13-17-32(24,4)30(27)14-18-33(28,29)5/h9,22-23,25-30,34H,6-8,10-21H2,1-5H3. The van der Waals surface area contributed by atoms with Crippen LogP contribution in [0.5, 0.6) is 0 Å². The highest BCUT2D eigenvalue weighted by Crippen LogP contribution is 2.67. The Labute approximate surface area is 227 Å². The molecule has 4 fully saturated rings. The molecule has 5 rings (SSSR count). The first-order valence-corrected chi connectivity index (χ1v) is 16.0. The molecule has 0 bridgehead atoms. The maximum atomic E-state index is 12.5. The summed E-state index contributed by atoms with van der Waals surface area (Å²) in [4.78, 5) is 12.5. The Morgan fingerprint density at radius 2 is 1.70 bits per heavy atom. The van der Waals surface area contributed by atoms with Crippen molar-refractivity contribution in [3.05, 3.63) is 11.6 Å². The molecule has 0 radical (unpaired) electrons. The molecule has 4 nitrogen and oxygen atoms in total. The third-order valence-electron chi connectivity index (χ3n) is 12.1. The summed E-state index contributed by atoms with van der Waals surface area (Å²) < 4.78 is 11.5. The smallest absolute Gasteiger partial charge is 0.431 e. The van der Waals surface area contributed by atoms with E-state index in [1.165, 1.54) is 51.4 Å². The molecular formula is C33H55NO3. The maximum absolute atomic E-state index is 12.5. The summed E-state index contributed by atoms with van der Waals surface area (Å²) >= 11 is 0. The third-order valence-corrected chi connectivity index (χ3v) is 12.1. The maximum Gasteiger partial charge on any atom is 0.508 e. The van der Waals surface area contributed by atoms with Gasteiger partial charge in [0.2, 0.25) is 0 Å². The summed E-state index contributed by atoms with van der Waals surface area (Å²) in [7, 11) is 0. The number of hydrogen-bond donors (Lipinski definition) is 1. The van der Waals surface area contributed by atoms with Gasteiger partial charge in [0, 0.05) is 6.42 Å². The molecule has 1 aliphatic heterocycles. The lowest BCUT2D eigenvalue weighted by Crippen LogP contribution is -2.51. The van der Waals surface area contributed by atoms with Gasteiger partial charge in [0.05, 0.1) is 0 Å². The monoisotopic (exact) mass is 513 g/mol. The van der Waals surface area contributed by atoms with Gasteiger partial charge in [-0.2, -0.15) is 0 Å². The molecule has 4 aliphatic carbocycles. The number of allylic oxidation sites excluding steroid dienone is 1. The van der Waals surface area contributed by atoms with Crippen LogP contribution in [-0.4, -0.2) is 31.5 Å². The number of ether oxygens (including phenoxy) is 2. The van der Waals surface area contributed by atoms with Gasteiger partial charge in [0.25, 0.3) is 0 Å². The minimum Gasteiger partial charge on any atom is -0.431 e. The fraction of sp³-hybridized carbons (Fsp3) is 0.909. The predicted octanol–water partition coefficient (Wildman–Crippen LogP) is 8.30. The Bertz CT molecular complexity index is 831. The fourth-order valence-electron chi connectivity index (χ4n) is 9.97. The lowest BCUT2D eigenvalue weighted by molar-refractivity contribution is -0.0645. The highest BCUT2D eigenvalue weighted by Gasteiger charge is 2.59. The van der Waals surface area contributed by atoms with Gasteiger partial charge in [-0.1, -0.05) is 65.5 Å². The van der Waals surface area contributed by atoms with Crippen LogP contribution >= 0.6 is 0 Å². The molecule has 8 atom stereocenters. The van der Waals surface area contributed by atoms with Gasteiger partial charge < -0.3 is 14.8 Å². The number of piperidine rings is 1. The van der Waals surface area contributed by atoms with Crippen molar-refractivity contribution >= 4 is 6.16 Å². The average Bonchev–Trinajstić information content (AvgIpc) is 3.22. The van der Waals surface area contributed by atoms with Crippen LogP contribution in [0.4, 0.5) is 4.79 Å². The molecule has 0 amide bonds. The zero-order valence-corrected chi connectivity index (χ0v) is 24.5. The van der Waals surface area contributed by atoms with Gasteiger partial charge >= 0.3 is 6.16 Å². The summed E-state index contributed by atoms with van der Waals surface area (Å²) in [6.45, 7) is 14.4. The second-order valence-corrected chi connectivity index (χ2v) is 14.6. The Balaban J connectivity index is 1.20. The highest BCUT2D eigenvalue weighted by molar-refractivity contribution is 5.60. The van der Waals surface area contributed by atoms with Gasteiger partial charge in [0.15, 0.2) is 0 Å². The first-order valence-electron chi connectivity index (χ1n) is 16.0. The van der Waals surface area contributed by atoms with Crippen LogP contribution in [0.1, 0.15) is 118 Å². The number of hydrogen-bond acceptors (Lipinski definition) is 4. The molecule has 210 valence electrons. The van der Waals surface area contributed by atoms with Crippen molar-refractivity contribution in [2.45, 2.75) is 130 Å². The molecule has 37 heavy (non-hydrogen) atoms. The Morgan fingerprint density at radius 1 is 0.946 bits per heavy atom. The second kappa shape index (κ2) is 11.2. The lowest BCUT2D eigenvalue weighted by Gasteiger charge is -2.58. The first kappa shape index (κ1) is 27.5. The zero-order valence-electron chi connectivity index (χ0n) is 24.5. The zero-order chi connectivity index (χ0) is 26.2. The molecule has 5 aliphatic rings. The van der Waals surface area contributed by atoms with Crippen LogP contribution in [0.2, 0.25) is 0 Å². The van der Waals surface area contributed by atoms with Crippen molar-refractivity contribution in [1.82, 2.24) is 5.32 Å². The number of fused-ring (bicyclic) bond motifs is 5. The van der Waals surface area contributed by atoms with E-state index in [1.807, 2.05) is 0 Å². The van der Waals surface area contributed by atoms with Crippen LogP contribution in [-0.2, 0) is 9.47 Å². The van der Waals surface area contributed by atoms with E-state index in [0.29, 0.717) is 10.8 Å². The number of rotatable bonds is 7. The van der Waals surface area contributed by atoms with Crippen LogP contribution in [0.15, 0.2) is 11.6 Å². The minimum absolute atomic E-state index is 0.0125. The van der Waals surface area contributed by atoms with E-state index >= 15 is 0 Å². The molecule has 0 aromatic carbocycles. The van der Waals surface area contributed by atoms with E-state index in [2.05, 4.69) is 46.0 Å². The molecule has 3 saturated carbocycles. The van der Waals surface area contributed by atoms with Crippen molar-refractivity contribution in [2.75, 3.05) is 13.1 Å². The topological polar surface area (TPSA) is 47.6 Å². The van der Waals surface area contributed by atoms with Crippen molar-refractivity contribution in [1.29, 1.82) is 0 Å². The molecule has 8 unspecified atom stereocenters. The fourth-order valence-corrected chi connectivity index (χ4v) is 9.97. The molecule has 0 aromatic rings. The van der Waals surface area contributed by atoms with Crippen LogP contribution in [0.3, 0.4) is 0 Å². The van der Waals surface area contributed by atoms with E-state index in [9.17, 15) is 4.79 Å². The predicted molar refractivity (Wildman–Crippen MR) is 150 cm³/mol. The summed E-state index contributed by atoms with van der Waals surface area (Å²) in [5.41, 5.74) is 2.42. The normalized spacial score (nSPS) is 40.8. The van der Waals surface area contributed by atoms with Crippen LogP contribution < -0.4 is 5.32 Å². The second-order valence-electron chi connectivity index (χ2n) is 14.6. The summed E-state index contributed by atoms with van der Waals surface area (Å²) in [5.74, 6) is 5.17. The minimum atomic E-state index is -0.442. The van der Waals surface area contributed by atoms with Crippen LogP contribution in [0.25, 0.3) is 0 Å². The largest absolute Gasteiger partial charge is 0.508 e. The molecular weight excluding hydrogens is 458 g/mol. The van der Waals surface area contributed by atoms with E-state index in [4.69, 9.17) is 9.47 Å². The van der Waals surface area contributed by atoms with Gasteiger partial charge in [-0.15, -0.1) is 0 Å². The number of carbonyl (C=O) groups is 1. The van der Waals surface area contributed by atoms with E-state index in [-0.39, 0.29) is 12.2 Å². The third kappa shape index (κ3) is 5.52. The summed E-state index contributed by atoms with van der Waals surface area (Å²) in [5, 5.41) is 3.32. The SMILES string of the molecule is CC(C)CCCC(C)C1CCC2C3CC=C4CC(OC(=O)OC5CCNCC5)CCC4(C)C3CCC12C. The first-order chi connectivity index (χ1) is 17.7. The average molecular weight is 514 g/mol. The van der Waals surface area contributed by atoms with Crippen molar-refractivity contribution < 1.29 is 14.3 Å². The van der Waals surface area contributed by atoms with E-state index in [0.717, 1.165) is 80.7 Å². The van der Waals surface area contributed by atoms with Crippen molar-refractivity contribution in [3.63, 3.8) is 0 Å². The molecule has 1 saturated heterocycles. The van der Waals surface area contributed by atoms with Gasteiger partial charge in [-0.3, -0.25) is 0 Å². The molecule has 1 heterocycles. The Kier molecular flexibility index (Phi) is 8.35. The van der Waals surface area contributed by atoms with Gasteiger partial charge in [-0.25, -0.2) is 4.79 Å². The summed E-state index contributed by atoms with van der Waals surface area (Å²) in [6, 6.07) is 0. The highest BCUT2D eigenvalue weighted by atomic mass is 16.7. The van der Waals surface area contributed by atoms with Crippen molar-refractivity contribution in [3.8, 4) is 0 Å². The van der Waals surface area contributed by atoms with Crippen LogP contribution in [0, 0.1) is 46.3 Å². The van der Waals surface area contributed by atoms with Gasteiger partial charge in [-0.05, 0) is 117 Å². The van der Waals surface area contributed by atoms with Gasteiger partial charge in [0.1, 0.15) is 12.2 Å². The Hall–Kier alpha value is -1.03. The van der Waals surface area contributed by atoms with Crippen molar-refractivity contribution in [2.24, 2.45) is 46.3 Å². The summed E-state index contributed by atoms with van der Waals surface area (Å²) in [6.07, 6.45) is 18.2. The molecule has 4 heteroatoms. The molecule has 0 spiro atoms. The van der Waals surface area contributed by atoms with E-state index in [1.54, 1.807) is 5.57 Å². The lowest BCUT2D eigenvalue weighted by atomic mass is 9.47. The molecule has 1 N–H and O–H groups in total.